The molecular formula is C5H8NPS. The second-order valence-electron chi connectivity index (χ2n) is 1.55. The first kappa shape index (κ1) is 6.18. The summed E-state index contributed by atoms with van der Waals surface area (Å²) >= 11 is 1.60. The first-order chi connectivity index (χ1) is 3.79. The number of nitrogens with two attached hydrogens (primary N) is 1. The van der Waals surface area contributed by atoms with Crippen molar-refractivity contribution < 1.29 is 0 Å². The van der Waals surface area contributed by atoms with Crippen molar-refractivity contribution in [2.24, 2.45) is 5.73 Å². The van der Waals surface area contributed by atoms with Gasteiger partial charge in [0.15, 0.2) is 0 Å². The Morgan fingerprint density at radius 2 is 2.38 bits per heavy atom. The van der Waals surface area contributed by atoms with Crippen molar-refractivity contribution in [1.29, 1.82) is 0 Å². The maximum absolute atomic E-state index is 5.50. The van der Waals surface area contributed by atoms with E-state index in [2.05, 4.69) is 15.3 Å². The van der Waals surface area contributed by atoms with Crippen LogP contribution < -0.4 is 5.73 Å². The van der Waals surface area contributed by atoms with Gasteiger partial charge in [0.1, 0.15) is 0 Å². The molecule has 0 saturated heterocycles. The molecule has 0 aromatic carbocycles. The SMILES string of the molecule is NC1=CCC=C(P)S1. The fourth-order valence-electron chi connectivity index (χ4n) is 0.511. The van der Waals surface area contributed by atoms with Gasteiger partial charge >= 0.3 is 0 Å². The van der Waals surface area contributed by atoms with Gasteiger partial charge in [-0.15, -0.1) is 0 Å². The van der Waals surface area contributed by atoms with E-state index in [1.165, 1.54) is 4.65 Å². The average Bonchev–Trinajstić information content (AvgIpc) is 1.64. The van der Waals surface area contributed by atoms with Gasteiger partial charge in [-0.05, 0) is 6.42 Å². The lowest BCUT2D eigenvalue weighted by molar-refractivity contribution is 1.34. The van der Waals surface area contributed by atoms with Gasteiger partial charge in [0.2, 0.25) is 0 Å². The molecule has 8 heavy (non-hydrogen) atoms. The highest BCUT2D eigenvalue weighted by Gasteiger charge is 1.97. The molecule has 0 amide bonds. The first-order valence-corrected chi connectivity index (χ1v) is 3.77. The van der Waals surface area contributed by atoms with E-state index in [1.54, 1.807) is 11.8 Å². The Labute approximate surface area is 55.6 Å². The third kappa shape index (κ3) is 1.53. The highest BCUT2D eigenvalue weighted by atomic mass is 32.2. The molecule has 0 aromatic rings. The quantitative estimate of drug-likeness (QED) is 0.524. The molecule has 0 radical (unpaired) electrons. The maximum Gasteiger partial charge on any atom is 0.0666 e. The number of rotatable bonds is 0. The Morgan fingerprint density at radius 1 is 1.62 bits per heavy atom. The Hall–Kier alpha value is 0.0600. The molecule has 1 atom stereocenters. The van der Waals surface area contributed by atoms with Crippen LogP contribution >= 0.6 is 21.0 Å². The van der Waals surface area contributed by atoms with E-state index in [4.69, 9.17) is 5.73 Å². The van der Waals surface area contributed by atoms with Crippen LogP contribution in [0.25, 0.3) is 0 Å². The van der Waals surface area contributed by atoms with Crippen molar-refractivity contribution >= 4 is 21.0 Å². The van der Waals surface area contributed by atoms with Crippen LogP contribution in [0.3, 0.4) is 0 Å². The van der Waals surface area contributed by atoms with Gasteiger partial charge < -0.3 is 5.73 Å². The van der Waals surface area contributed by atoms with E-state index >= 15 is 0 Å². The summed E-state index contributed by atoms with van der Waals surface area (Å²) in [6.07, 6.45) is 5.13. The summed E-state index contributed by atoms with van der Waals surface area (Å²) in [6, 6.07) is 0. The molecular weight excluding hydrogens is 137 g/mol. The van der Waals surface area contributed by atoms with Crippen LogP contribution in [0.2, 0.25) is 0 Å². The Bertz CT molecular complexity index is 135. The lowest BCUT2D eigenvalue weighted by atomic mass is 10.4. The minimum absolute atomic E-state index is 0.914. The summed E-state index contributed by atoms with van der Waals surface area (Å²) in [5.74, 6) is 0. The predicted molar refractivity (Wildman–Crippen MR) is 42.3 cm³/mol. The Morgan fingerprint density at radius 3 is 2.75 bits per heavy atom. The third-order valence-electron chi connectivity index (χ3n) is 0.874. The largest absolute Gasteiger partial charge is 0.394 e. The summed E-state index contributed by atoms with van der Waals surface area (Å²) in [6.45, 7) is 0. The van der Waals surface area contributed by atoms with E-state index in [0.717, 1.165) is 11.4 Å². The maximum atomic E-state index is 5.50. The first-order valence-electron chi connectivity index (χ1n) is 2.38. The molecule has 1 rings (SSSR count). The van der Waals surface area contributed by atoms with Crippen LogP contribution in [0.4, 0.5) is 0 Å². The Kier molecular flexibility index (Phi) is 1.98. The topological polar surface area (TPSA) is 26.0 Å². The van der Waals surface area contributed by atoms with Crippen molar-refractivity contribution in [3.05, 3.63) is 21.8 Å². The van der Waals surface area contributed by atoms with E-state index < -0.39 is 0 Å². The summed E-state index contributed by atoms with van der Waals surface area (Å²) < 4.78 is 1.23. The summed E-state index contributed by atoms with van der Waals surface area (Å²) in [7, 11) is 2.63. The monoisotopic (exact) mass is 145 g/mol. The lowest BCUT2D eigenvalue weighted by Crippen LogP contribution is -1.92. The number of thioether (sulfide) groups is 1. The van der Waals surface area contributed by atoms with Crippen LogP contribution in [0.15, 0.2) is 21.8 Å². The number of hydrogen-bond donors (Lipinski definition) is 1. The summed E-state index contributed by atoms with van der Waals surface area (Å²) in [4.78, 5) is 0. The van der Waals surface area contributed by atoms with Gasteiger partial charge in [-0.25, -0.2) is 0 Å². The third-order valence-corrected chi connectivity index (χ3v) is 2.27. The average molecular weight is 145 g/mol. The molecule has 1 aliphatic rings. The second-order valence-corrected chi connectivity index (χ2v) is 3.74. The molecule has 1 heterocycles. The minimum atomic E-state index is 0.914. The van der Waals surface area contributed by atoms with Crippen molar-refractivity contribution in [3.8, 4) is 0 Å². The molecule has 0 aromatic heterocycles. The molecule has 1 nitrogen and oxygen atoms in total. The molecule has 1 aliphatic heterocycles. The van der Waals surface area contributed by atoms with Gasteiger partial charge in [-0.2, -0.15) is 0 Å². The smallest absolute Gasteiger partial charge is 0.0666 e. The number of hydrogen-bond acceptors (Lipinski definition) is 2. The van der Waals surface area contributed by atoms with Crippen LogP contribution in [0.5, 0.6) is 0 Å². The van der Waals surface area contributed by atoms with Crippen molar-refractivity contribution in [1.82, 2.24) is 0 Å². The highest BCUT2D eigenvalue weighted by Crippen LogP contribution is 2.30. The normalized spacial score (nSPS) is 19.6. The van der Waals surface area contributed by atoms with E-state index in [-0.39, 0.29) is 0 Å². The molecule has 0 saturated carbocycles. The van der Waals surface area contributed by atoms with Crippen molar-refractivity contribution in [2.75, 3.05) is 0 Å². The second kappa shape index (κ2) is 2.56. The fraction of sp³-hybridized carbons (Fsp3) is 0.200. The zero-order valence-electron chi connectivity index (χ0n) is 4.42. The number of allylic oxidation sites excluding steroid dienone is 2. The van der Waals surface area contributed by atoms with Crippen molar-refractivity contribution in [2.45, 2.75) is 6.42 Å². The molecule has 3 heteroatoms. The standard InChI is InChI=1S/C5H8NPS/c6-4-2-1-3-5(7)8-4/h2-3H,1,6-7H2. The van der Waals surface area contributed by atoms with Crippen LogP contribution in [0.1, 0.15) is 6.42 Å². The molecule has 0 aliphatic carbocycles. The van der Waals surface area contributed by atoms with Gasteiger partial charge in [-0.1, -0.05) is 33.2 Å². The molecule has 2 N–H and O–H groups in total. The van der Waals surface area contributed by atoms with Gasteiger partial charge in [0.25, 0.3) is 0 Å². The van der Waals surface area contributed by atoms with Crippen LogP contribution in [-0.2, 0) is 0 Å². The lowest BCUT2D eigenvalue weighted by Gasteiger charge is -2.04. The van der Waals surface area contributed by atoms with Crippen LogP contribution in [-0.4, -0.2) is 0 Å². The van der Waals surface area contributed by atoms with E-state index in [1.807, 2.05) is 6.08 Å². The van der Waals surface area contributed by atoms with Gasteiger partial charge in [0.05, 0.1) is 5.03 Å². The zero-order chi connectivity index (χ0) is 5.98. The van der Waals surface area contributed by atoms with Crippen LogP contribution in [0, 0.1) is 0 Å². The van der Waals surface area contributed by atoms with Crippen molar-refractivity contribution in [3.63, 3.8) is 0 Å². The molecule has 0 fully saturated rings. The summed E-state index contributed by atoms with van der Waals surface area (Å²) in [5.41, 5.74) is 5.50. The van der Waals surface area contributed by atoms with E-state index in [9.17, 15) is 0 Å². The summed E-state index contributed by atoms with van der Waals surface area (Å²) in [5, 5.41) is 0.914. The molecule has 0 spiro atoms. The fourth-order valence-corrected chi connectivity index (χ4v) is 1.69. The Balaban J connectivity index is 2.57. The molecule has 0 bridgehead atoms. The van der Waals surface area contributed by atoms with Gasteiger partial charge in [0, 0.05) is 4.65 Å². The highest BCUT2D eigenvalue weighted by molar-refractivity contribution is 8.10. The van der Waals surface area contributed by atoms with E-state index in [0.29, 0.717) is 0 Å². The predicted octanol–water partition coefficient (Wildman–Crippen LogP) is 1.64. The molecule has 44 valence electrons. The van der Waals surface area contributed by atoms with Gasteiger partial charge in [-0.3, -0.25) is 0 Å². The minimum Gasteiger partial charge on any atom is -0.394 e. The molecule has 1 unspecified atom stereocenters. The zero-order valence-corrected chi connectivity index (χ0v) is 6.40.